The van der Waals surface area contributed by atoms with E-state index in [1.54, 1.807) is 6.07 Å². The SMILES string of the molecule is CCCNC(CCN(C)CCC)c1ccc(F)cn1. The van der Waals surface area contributed by atoms with E-state index in [1.807, 2.05) is 0 Å². The molecule has 0 aromatic carbocycles. The summed E-state index contributed by atoms with van der Waals surface area (Å²) in [5.74, 6) is -0.277. The molecule has 0 aliphatic carbocycles. The van der Waals surface area contributed by atoms with E-state index in [2.05, 4.69) is 36.1 Å². The number of hydrogen-bond acceptors (Lipinski definition) is 3. The van der Waals surface area contributed by atoms with Crippen LogP contribution in [-0.2, 0) is 0 Å². The third-order valence-corrected chi connectivity index (χ3v) is 3.15. The van der Waals surface area contributed by atoms with Crippen LogP contribution in [0.4, 0.5) is 4.39 Å². The molecule has 0 spiro atoms. The number of nitrogens with zero attached hydrogens (tertiary/aromatic N) is 2. The first-order valence-corrected chi connectivity index (χ1v) is 7.20. The van der Waals surface area contributed by atoms with E-state index >= 15 is 0 Å². The summed E-state index contributed by atoms with van der Waals surface area (Å²) in [6.07, 6.45) is 4.54. The lowest BCUT2D eigenvalue weighted by Crippen LogP contribution is -2.28. The second-order valence-electron chi connectivity index (χ2n) is 5.00. The van der Waals surface area contributed by atoms with Gasteiger partial charge in [-0.2, -0.15) is 0 Å². The van der Waals surface area contributed by atoms with Gasteiger partial charge >= 0.3 is 0 Å². The van der Waals surface area contributed by atoms with Crippen LogP contribution in [0.15, 0.2) is 18.3 Å². The average molecular weight is 267 g/mol. The van der Waals surface area contributed by atoms with E-state index in [0.717, 1.165) is 38.2 Å². The van der Waals surface area contributed by atoms with E-state index in [4.69, 9.17) is 0 Å². The molecule has 0 fully saturated rings. The molecule has 1 aromatic heterocycles. The van der Waals surface area contributed by atoms with Crippen molar-refractivity contribution in [3.63, 3.8) is 0 Å². The summed E-state index contributed by atoms with van der Waals surface area (Å²) in [6.45, 7) is 7.42. The molecule has 19 heavy (non-hydrogen) atoms. The summed E-state index contributed by atoms with van der Waals surface area (Å²) in [4.78, 5) is 6.52. The summed E-state index contributed by atoms with van der Waals surface area (Å²) in [7, 11) is 2.14. The molecule has 108 valence electrons. The van der Waals surface area contributed by atoms with Gasteiger partial charge < -0.3 is 10.2 Å². The number of halogens is 1. The highest BCUT2D eigenvalue weighted by Crippen LogP contribution is 2.15. The van der Waals surface area contributed by atoms with Crippen LogP contribution in [0.5, 0.6) is 0 Å². The molecule has 3 nitrogen and oxygen atoms in total. The van der Waals surface area contributed by atoms with Gasteiger partial charge in [-0.25, -0.2) is 4.39 Å². The van der Waals surface area contributed by atoms with Gasteiger partial charge in [0.2, 0.25) is 0 Å². The van der Waals surface area contributed by atoms with Gasteiger partial charge in [0.1, 0.15) is 5.82 Å². The van der Waals surface area contributed by atoms with Gasteiger partial charge in [0.05, 0.1) is 17.9 Å². The van der Waals surface area contributed by atoms with Crippen molar-refractivity contribution in [2.24, 2.45) is 0 Å². The quantitative estimate of drug-likeness (QED) is 0.745. The molecule has 0 aliphatic rings. The number of nitrogens with one attached hydrogen (secondary N) is 1. The van der Waals surface area contributed by atoms with Gasteiger partial charge in [0, 0.05) is 0 Å². The Morgan fingerprint density at radius 1 is 1.26 bits per heavy atom. The Hall–Kier alpha value is -1.00. The Labute approximate surface area is 116 Å². The molecule has 1 atom stereocenters. The molecule has 0 radical (unpaired) electrons. The maximum atomic E-state index is 12.9. The number of pyridine rings is 1. The van der Waals surface area contributed by atoms with E-state index in [9.17, 15) is 4.39 Å². The van der Waals surface area contributed by atoms with Gasteiger partial charge in [-0.05, 0) is 58.1 Å². The highest BCUT2D eigenvalue weighted by molar-refractivity contribution is 5.10. The van der Waals surface area contributed by atoms with Gasteiger partial charge in [0.15, 0.2) is 0 Å². The Morgan fingerprint density at radius 2 is 2.05 bits per heavy atom. The topological polar surface area (TPSA) is 28.2 Å². The molecule has 1 unspecified atom stereocenters. The molecular weight excluding hydrogens is 241 g/mol. The van der Waals surface area contributed by atoms with Crippen LogP contribution >= 0.6 is 0 Å². The van der Waals surface area contributed by atoms with Gasteiger partial charge in [-0.15, -0.1) is 0 Å². The van der Waals surface area contributed by atoms with E-state index in [1.165, 1.54) is 18.7 Å². The van der Waals surface area contributed by atoms with E-state index < -0.39 is 0 Å². The average Bonchev–Trinajstić information content (AvgIpc) is 2.40. The van der Waals surface area contributed by atoms with Crippen molar-refractivity contribution in [1.82, 2.24) is 15.2 Å². The fourth-order valence-corrected chi connectivity index (χ4v) is 2.11. The molecule has 0 amide bonds. The first-order chi connectivity index (χ1) is 9.17. The zero-order valence-corrected chi connectivity index (χ0v) is 12.3. The smallest absolute Gasteiger partial charge is 0.141 e. The zero-order chi connectivity index (χ0) is 14.1. The highest BCUT2D eigenvalue weighted by Gasteiger charge is 2.13. The molecule has 0 saturated heterocycles. The van der Waals surface area contributed by atoms with Crippen LogP contribution in [0.3, 0.4) is 0 Å². The molecule has 4 heteroatoms. The lowest BCUT2D eigenvalue weighted by atomic mass is 10.1. The molecule has 0 bridgehead atoms. The predicted octanol–water partition coefficient (Wildman–Crippen LogP) is 2.99. The molecule has 1 aromatic rings. The summed E-state index contributed by atoms with van der Waals surface area (Å²) < 4.78 is 12.9. The summed E-state index contributed by atoms with van der Waals surface area (Å²) in [5.41, 5.74) is 0.930. The third kappa shape index (κ3) is 6.12. The van der Waals surface area contributed by atoms with Crippen molar-refractivity contribution < 1.29 is 4.39 Å². The van der Waals surface area contributed by atoms with Crippen molar-refractivity contribution >= 4 is 0 Å². The maximum absolute atomic E-state index is 12.9. The van der Waals surface area contributed by atoms with Crippen LogP contribution in [0.25, 0.3) is 0 Å². The first kappa shape index (κ1) is 16.1. The second kappa shape index (κ2) is 8.99. The molecule has 0 aliphatic heterocycles. The minimum Gasteiger partial charge on any atom is -0.309 e. The maximum Gasteiger partial charge on any atom is 0.141 e. The van der Waals surface area contributed by atoms with Crippen molar-refractivity contribution in [1.29, 1.82) is 0 Å². The Kier molecular flexibility index (Phi) is 7.60. The highest BCUT2D eigenvalue weighted by atomic mass is 19.1. The van der Waals surface area contributed by atoms with Gasteiger partial charge in [-0.3, -0.25) is 4.98 Å². The largest absolute Gasteiger partial charge is 0.309 e. The minimum absolute atomic E-state index is 0.208. The first-order valence-electron chi connectivity index (χ1n) is 7.20. The second-order valence-corrected chi connectivity index (χ2v) is 5.00. The van der Waals surface area contributed by atoms with Crippen molar-refractivity contribution in [3.05, 3.63) is 29.8 Å². The Balaban J connectivity index is 2.58. The predicted molar refractivity (Wildman–Crippen MR) is 77.6 cm³/mol. The molecular formula is C15H26FN3. The molecule has 1 heterocycles. The normalized spacial score (nSPS) is 12.9. The van der Waals surface area contributed by atoms with Gasteiger partial charge in [-0.1, -0.05) is 13.8 Å². The fraction of sp³-hybridized carbons (Fsp3) is 0.667. The standard InChI is InChI=1S/C15H26FN3/c1-4-9-17-15(8-11-19(3)10-5-2)14-7-6-13(16)12-18-14/h6-7,12,15,17H,4-5,8-11H2,1-3H3. The van der Waals surface area contributed by atoms with E-state index in [-0.39, 0.29) is 11.9 Å². The number of rotatable bonds is 9. The van der Waals surface area contributed by atoms with Crippen LogP contribution in [-0.4, -0.2) is 36.6 Å². The van der Waals surface area contributed by atoms with Crippen molar-refractivity contribution in [2.45, 2.75) is 39.2 Å². The van der Waals surface area contributed by atoms with Crippen LogP contribution in [0.2, 0.25) is 0 Å². The molecule has 1 rings (SSSR count). The monoisotopic (exact) mass is 267 g/mol. The third-order valence-electron chi connectivity index (χ3n) is 3.15. The van der Waals surface area contributed by atoms with Crippen LogP contribution in [0.1, 0.15) is 44.8 Å². The van der Waals surface area contributed by atoms with E-state index in [0.29, 0.717) is 0 Å². The number of aromatic nitrogens is 1. The summed E-state index contributed by atoms with van der Waals surface area (Å²) in [6, 6.07) is 3.47. The summed E-state index contributed by atoms with van der Waals surface area (Å²) >= 11 is 0. The van der Waals surface area contributed by atoms with Crippen LogP contribution in [0, 0.1) is 5.82 Å². The molecule has 1 N–H and O–H groups in total. The van der Waals surface area contributed by atoms with Gasteiger partial charge in [0.25, 0.3) is 0 Å². The Morgan fingerprint density at radius 3 is 2.63 bits per heavy atom. The fourth-order valence-electron chi connectivity index (χ4n) is 2.11. The zero-order valence-electron chi connectivity index (χ0n) is 12.3. The molecule has 0 saturated carbocycles. The minimum atomic E-state index is -0.277. The van der Waals surface area contributed by atoms with Crippen molar-refractivity contribution in [2.75, 3.05) is 26.7 Å². The van der Waals surface area contributed by atoms with Crippen LogP contribution < -0.4 is 5.32 Å². The lowest BCUT2D eigenvalue weighted by Gasteiger charge is -2.22. The van der Waals surface area contributed by atoms with Crippen molar-refractivity contribution in [3.8, 4) is 0 Å². The Bertz CT molecular complexity index is 340. The summed E-state index contributed by atoms with van der Waals surface area (Å²) in [5, 5.41) is 3.49. The lowest BCUT2D eigenvalue weighted by molar-refractivity contribution is 0.306. The number of hydrogen-bond donors (Lipinski definition) is 1.